The van der Waals surface area contributed by atoms with Crippen molar-refractivity contribution in [3.63, 3.8) is 0 Å². The Labute approximate surface area is 422 Å². The highest BCUT2D eigenvalue weighted by Crippen LogP contribution is 2.55. The number of anilines is 6. The lowest BCUT2D eigenvalue weighted by atomic mass is 9.33. The second-order valence-electron chi connectivity index (χ2n) is 27.2. The van der Waals surface area contributed by atoms with E-state index in [-0.39, 0.29) is 39.2 Å². The summed E-state index contributed by atoms with van der Waals surface area (Å²) in [5, 5.41) is 1.24. The summed E-state index contributed by atoms with van der Waals surface area (Å²) in [5.41, 5.74) is 22.3. The van der Waals surface area contributed by atoms with Crippen LogP contribution in [0.2, 0.25) is 0 Å². The van der Waals surface area contributed by atoms with Crippen LogP contribution in [0.15, 0.2) is 119 Å². The van der Waals surface area contributed by atoms with Crippen molar-refractivity contribution in [1.29, 1.82) is 0 Å². The SMILES string of the molecule is CC(C)(C)c1ccc(N2c3cc4c(cc3B3c5c2cc(-c2ccccc2S(C)(C)C)cc5N(c2ccc(C(C)(C)C)cc2)c2oc5cc6c(cc5c23)C(C)(C)CCC6(C)C)C(C)(C)CCC4(C)C)cc1. The van der Waals surface area contributed by atoms with Gasteiger partial charge in [-0.15, -0.1) is 0 Å². The number of nitrogens with zero attached hydrogens (tertiary/aromatic N) is 2. The number of furan rings is 1. The first-order chi connectivity index (χ1) is 32.6. The van der Waals surface area contributed by atoms with Gasteiger partial charge >= 0.3 is 0 Å². The van der Waals surface area contributed by atoms with Crippen molar-refractivity contribution in [3.8, 4) is 11.1 Å². The number of rotatable bonds is 4. The highest BCUT2D eigenvalue weighted by Gasteiger charge is 2.50. The van der Waals surface area contributed by atoms with E-state index in [1.165, 1.54) is 93.9 Å². The van der Waals surface area contributed by atoms with Crippen LogP contribution >= 0.6 is 10.0 Å². The highest BCUT2D eigenvalue weighted by atomic mass is 32.3. The molecule has 2 aliphatic carbocycles. The standard InChI is InChI=1S/C65H77BN2OS/c1-60(2,3)41-22-26-43(27-23-41)67-52-38-49-48(63(9,10)31-32-64(49,11)12)37-51(52)66-57-46-36-47-50(65(13,14)33-30-62(47,7)8)39-55(46)69-59(57)68(44-28-24-42(25-29-44)61(4,5)6)54-35-40(34-53(67)58(54)66)45-20-18-19-21-56(45)70(15,16)17/h18-29,34-39H,30-33H2,1-17H3. The Morgan fingerprint density at radius 1 is 0.500 bits per heavy atom. The van der Waals surface area contributed by atoms with Gasteiger partial charge in [-0.25, -0.2) is 10.0 Å². The summed E-state index contributed by atoms with van der Waals surface area (Å²) >= 11 is 0. The Morgan fingerprint density at radius 2 is 0.957 bits per heavy atom. The van der Waals surface area contributed by atoms with E-state index in [4.69, 9.17) is 4.42 Å². The molecule has 2 aliphatic heterocycles. The van der Waals surface area contributed by atoms with Gasteiger partial charge in [0.15, 0.2) is 0 Å². The van der Waals surface area contributed by atoms with Crippen molar-refractivity contribution in [1.82, 2.24) is 0 Å². The molecule has 3 heterocycles. The number of hydrogen-bond acceptors (Lipinski definition) is 3. The maximum atomic E-state index is 7.63. The van der Waals surface area contributed by atoms with Crippen molar-refractivity contribution in [2.45, 2.75) is 160 Å². The molecule has 3 nitrogen and oxygen atoms in total. The normalized spacial score (nSPS) is 18.7. The molecule has 0 fully saturated rings. The number of fused-ring (bicyclic) bond motifs is 8. The fourth-order valence-corrected chi connectivity index (χ4v) is 14.1. The minimum absolute atomic E-state index is 0.0149. The largest absolute Gasteiger partial charge is 0.440 e. The Kier molecular flexibility index (Phi) is 10.3. The lowest BCUT2D eigenvalue weighted by Gasteiger charge is -2.47. The summed E-state index contributed by atoms with van der Waals surface area (Å²) in [6.45, 7) is 33.5. The molecule has 0 bridgehead atoms. The van der Waals surface area contributed by atoms with Crippen molar-refractivity contribution in [3.05, 3.63) is 143 Å². The van der Waals surface area contributed by atoms with Gasteiger partial charge in [-0.1, -0.05) is 145 Å². The van der Waals surface area contributed by atoms with Gasteiger partial charge in [0.2, 0.25) is 5.88 Å². The number of benzene rings is 6. The molecular weight excluding hydrogens is 868 g/mol. The van der Waals surface area contributed by atoms with Gasteiger partial charge in [-0.3, -0.25) is 4.90 Å². The van der Waals surface area contributed by atoms with Gasteiger partial charge in [0.1, 0.15) is 5.58 Å². The molecule has 0 spiro atoms. The third kappa shape index (κ3) is 7.28. The quantitative estimate of drug-likeness (QED) is 0.164. The Hall–Kier alpha value is -5.13. The van der Waals surface area contributed by atoms with Crippen LogP contribution in [0.1, 0.15) is 156 Å². The third-order valence-corrected chi connectivity index (χ3v) is 19.1. The molecule has 0 amide bonds. The highest BCUT2D eigenvalue weighted by molar-refractivity contribution is 8.32. The molecule has 6 aromatic carbocycles. The summed E-state index contributed by atoms with van der Waals surface area (Å²) in [4.78, 5) is 6.60. The lowest BCUT2D eigenvalue weighted by molar-refractivity contribution is 0.332. The van der Waals surface area contributed by atoms with Gasteiger partial charge in [-0.05, 0) is 198 Å². The minimum atomic E-state index is -1.11. The Morgan fingerprint density at radius 3 is 1.47 bits per heavy atom. The Balaban J connectivity index is 1.32. The Bertz CT molecular complexity index is 3270. The molecule has 0 N–H and O–H groups in total. The van der Waals surface area contributed by atoms with Crippen LogP contribution in [0.5, 0.6) is 0 Å². The molecule has 11 rings (SSSR count). The van der Waals surface area contributed by atoms with Gasteiger partial charge in [0, 0.05) is 39.3 Å². The molecule has 70 heavy (non-hydrogen) atoms. The second-order valence-corrected chi connectivity index (χ2v) is 31.3. The minimum Gasteiger partial charge on any atom is -0.440 e. The molecular formula is C65H77BN2OS. The molecule has 362 valence electrons. The van der Waals surface area contributed by atoms with Crippen molar-refractivity contribution < 1.29 is 4.42 Å². The monoisotopic (exact) mass is 945 g/mol. The van der Waals surface area contributed by atoms with Gasteiger partial charge in [0.05, 0.1) is 0 Å². The van der Waals surface area contributed by atoms with Crippen LogP contribution in [0.25, 0.3) is 22.1 Å². The van der Waals surface area contributed by atoms with Crippen molar-refractivity contribution in [2.24, 2.45) is 0 Å². The van der Waals surface area contributed by atoms with Crippen LogP contribution in [0.3, 0.4) is 0 Å². The van der Waals surface area contributed by atoms with Gasteiger partial charge in [0.25, 0.3) is 6.71 Å². The average molecular weight is 945 g/mol. The van der Waals surface area contributed by atoms with Crippen molar-refractivity contribution >= 4 is 78.4 Å². The van der Waals surface area contributed by atoms with E-state index < -0.39 is 10.0 Å². The van der Waals surface area contributed by atoms with E-state index >= 15 is 0 Å². The van der Waals surface area contributed by atoms with Crippen LogP contribution < -0.4 is 26.2 Å². The van der Waals surface area contributed by atoms with Crippen LogP contribution in [-0.4, -0.2) is 25.5 Å². The van der Waals surface area contributed by atoms with E-state index in [1.54, 1.807) is 0 Å². The summed E-state index contributed by atoms with van der Waals surface area (Å²) in [7, 11) is -1.11. The fraction of sp³-hybridized carbons (Fsp3) is 0.415. The molecule has 4 aliphatic rings. The fourth-order valence-electron chi connectivity index (χ4n) is 12.8. The summed E-state index contributed by atoms with van der Waals surface area (Å²) in [6.07, 6.45) is 11.9. The molecule has 0 atom stereocenters. The maximum absolute atomic E-state index is 7.63. The molecule has 5 heteroatoms. The molecule has 0 saturated carbocycles. The summed E-state index contributed by atoms with van der Waals surface area (Å²) < 4.78 is 7.63. The number of hydrogen-bond donors (Lipinski definition) is 0. The smallest absolute Gasteiger partial charge is 0.257 e. The van der Waals surface area contributed by atoms with E-state index in [1.807, 2.05) is 0 Å². The average Bonchev–Trinajstić information content (AvgIpc) is 3.66. The first-order valence-electron chi connectivity index (χ1n) is 26.1. The maximum Gasteiger partial charge on any atom is 0.257 e. The lowest BCUT2D eigenvalue weighted by Crippen LogP contribution is -2.61. The van der Waals surface area contributed by atoms with Crippen LogP contribution in [-0.2, 0) is 32.5 Å². The zero-order valence-electron chi connectivity index (χ0n) is 45.5. The second kappa shape index (κ2) is 15.2. The van der Waals surface area contributed by atoms with Gasteiger partial charge in [-0.2, -0.15) is 0 Å². The van der Waals surface area contributed by atoms with Gasteiger partial charge < -0.3 is 9.32 Å². The molecule has 1 aromatic heterocycles. The summed E-state index contributed by atoms with van der Waals surface area (Å²) in [5.74, 6) is 0.943. The first kappa shape index (κ1) is 47.2. The predicted octanol–water partition coefficient (Wildman–Crippen LogP) is 16.5. The zero-order valence-corrected chi connectivity index (χ0v) is 46.3. The van der Waals surface area contributed by atoms with Crippen LogP contribution in [0.4, 0.5) is 34.3 Å². The third-order valence-electron chi connectivity index (χ3n) is 17.5. The van der Waals surface area contributed by atoms with E-state index in [0.717, 1.165) is 42.8 Å². The van der Waals surface area contributed by atoms with Crippen LogP contribution in [0, 0.1) is 0 Å². The summed E-state index contributed by atoms with van der Waals surface area (Å²) in [6, 6.07) is 43.6. The predicted molar refractivity (Wildman–Crippen MR) is 307 cm³/mol. The molecule has 0 radical (unpaired) electrons. The molecule has 7 aromatic rings. The van der Waals surface area contributed by atoms with E-state index in [2.05, 4.69) is 235 Å². The van der Waals surface area contributed by atoms with Crippen molar-refractivity contribution in [2.75, 3.05) is 28.6 Å². The topological polar surface area (TPSA) is 19.6 Å². The van der Waals surface area contributed by atoms with E-state index in [9.17, 15) is 0 Å². The van der Waals surface area contributed by atoms with E-state index in [0.29, 0.717) is 0 Å². The molecule has 0 unspecified atom stereocenters. The molecule has 0 saturated heterocycles. The zero-order chi connectivity index (χ0) is 50.0. The first-order valence-corrected chi connectivity index (χ1v) is 29.0.